The van der Waals surface area contributed by atoms with Gasteiger partial charge in [-0.2, -0.15) is 0 Å². The van der Waals surface area contributed by atoms with Crippen molar-refractivity contribution in [2.75, 3.05) is 0 Å². The van der Waals surface area contributed by atoms with Gasteiger partial charge in [0.2, 0.25) is 0 Å². The van der Waals surface area contributed by atoms with Gasteiger partial charge in [-0.05, 0) is 0 Å². The van der Waals surface area contributed by atoms with Crippen molar-refractivity contribution < 1.29 is 5.11 Å². The molecule has 1 nitrogen and oxygen atoms in total. The molecule has 0 spiro atoms. The van der Waals surface area contributed by atoms with E-state index in [0.29, 0.717) is 0 Å². The number of alkyl halides is 2. The first-order valence-corrected chi connectivity index (χ1v) is 2.57. The molecule has 1 rings (SSSR count). The predicted octanol–water partition coefficient (Wildman–Crippen LogP) is 0.576. The molecule has 0 aromatic carbocycles. The van der Waals surface area contributed by atoms with Gasteiger partial charge < -0.3 is 5.11 Å². The maximum Gasteiger partial charge on any atom is 0.0897 e. The maximum atomic E-state index is 8.44. The smallest absolute Gasteiger partial charge is 0.0897 e. The van der Waals surface area contributed by atoms with Crippen LogP contribution in [0.1, 0.15) is 0 Å². The molecule has 1 aliphatic rings. The van der Waals surface area contributed by atoms with Crippen molar-refractivity contribution in [2.45, 2.75) is 16.9 Å². The van der Waals surface area contributed by atoms with Gasteiger partial charge in [-0.1, -0.05) is 0 Å². The number of hydrogen-bond donors (Lipinski definition) is 1. The summed E-state index contributed by atoms with van der Waals surface area (Å²) in [7, 11) is 0. The number of aliphatic hydroxyl groups is 1. The Morgan fingerprint density at radius 3 is 1.33 bits per heavy atom. The number of hydrogen-bond acceptors (Lipinski definition) is 1. The van der Waals surface area contributed by atoms with E-state index in [0.717, 1.165) is 0 Å². The van der Waals surface area contributed by atoms with Crippen LogP contribution in [-0.2, 0) is 0 Å². The standard InChI is InChI=1S/C3H4Cl2O/c4-1-2(5)3(1)6/h1-3,6H. The summed E-state index contributed by atoms with van der Waals surface area (Å²) in [5.41, 5.74) is 0. The Morgan fingerprint density at radius 2 is 1.33 bits per heavy atom. The first-order chi connectivity index (χ1) is 2.73. The third kappa shape index (κ3) is 0.512. The summed E-state index contributed by atoms with van der Waals surface area (Å²) in [6.07, 6.45) is -0.451. The molecule has 1 fully saturated rings. The van der Waals surface area contributed by atoms with Gasteiger partial charge >= 0.3 is 0 Å². The number of rotatable bonds is 0. The lowest BCUT2D eigenvalue weighted by Gasteiger charge is -1.66. The molecule has 1 N–H and O–H groups in total. The van der Waals surface area contributed by atoms with Gasteiger partial charge in [0.15, 0.2) is 0 Å². The van der Waals surface area contributed by atoms with E-state index >= 15 is 0 Å². The second kappa shape index (κ2) is 1.25. The van der Waals surface area contributed by atoms with Crippen LogP contribution in [0.15, 0.2) is 0 Å². The summed E-state index contributed by atoms with van der Waals surface area (Å²) in [4.78, 5) is 0. The average molecular weight is 127 g/mol. The van der Waals surface area contributed by atoms with Gasteiger partial charge in [0, 0.05) is 0 Å². The lowest BCUT2D eigenvalue weighted by molar-refractivity contribution is 0.281. The molecular weight excluding hydrogens is 123 g/mol. The summed E-state index contributed by atoms with van der Waals surface area (Å²) in [5, 5.41) is 8.06. The van der Waals surface area contributed by atoms with Crippen molar-refractivity contribution in [3.63, 3.8) is 0 Å². The van der Waals surface area contributed by atoms with Crippen molar-refractivity contribution in [3.05, 3.63) is 0 Å². The summed E-state index contributed by atoms with van der Waals surface area (Å²) in [6, 6.07) is 0. The van der Waals surface area contributed by atoms with Gasteiger partial charge in [-0.3, -0.25) is 0 Å². The first-order valence-electron chi connectivity index (χ1n) is 1.69. The van der Waals surface area contributed by atoms with Crippen LogP contribution in [0.2, 0.25) is 0 Å². The van der Waals surface area contributed by atoms with Crippen LogP contribution in [0, 0.1) is 0 Å². The molecule has 0 amide bonds. The minimum Gasteiger partial charge on any atom is -0.390 e. The highest BCUT2D eigenvalue weighted by Gasteiger charge is 2.46. The zero-order chi connectivity index (χ0) is 4.73. The van der Waals surface area contributed by atoms with Crippen molar-refractivity contribution >= 4 is 23.2 Å². The Morgan fingerprint density at radius 1 is 1.17 bits per heavy atom. The summed E-state index contributed by atoms with van der Waals surface area (Å²) in [6.45, 7) is 0. The highest BCUT2D eigenvalue weighted by molar-refractivity contribution is 6.35. The molecule has 0 heterocycles. The van der Waals surface area contributed by atoms with E-state index in [1.165, 1.54) is 0 Å². The number of halogens is 2. The van der Waals surface area contributed by atoms with Gasteiger partial charge in [-0.25, -0.2) is 0 Å². The van der Waals surface area contributed by atoms with Gasteiger partial charge in [-0.15, -0.1) is 23.2 Å². The van der Waals surface area contributed by atoms with E-state index in [1.807, 2.05) is 0 Å². The van der Waals surface area contributed by atoms with Crippen LogP contribution < -0.4 is 0 Å². The van der Waals surface area contributed by atoms with Crippen molar-refractivity contribution in [2.24, 2.45) is 0 Å². The fourth-order valence-electron chi connectivity index (χ4n) is 0.226. The van der Waals surface area contributed by atoms with E-state index < -0.39 is 6.10 Å². The normalized spacial score (nSPS) is 55.5. The minimum absolute atomic E-state index is 0.188. The van der Waals surface area contributed by atoms with Crippen molar-refractivity contribution in [1.82, 2.24) is 0 Å². The topological polar surface area (TPSA) is 20.2 Å². The number of aliphatic hydroxyl groups excluding tert-OH is 1. The molecule has 3 heteroatoms. The second-order valence-corrected chi connectivity index (χ2v) is 2.39. The van der Waals surface area contributed by atoms with E-state index in [1.54, 1.807) is 0 Å². The summed E-state index contributed by atoms with van der Waals surface area (Å²) >= 11 is 10.6. The zero-order valence-corrected chi connectivity index (χ0v) is 4.45. The monoisotopic (exact) mass is 126 g/mol. The molecule has 0 aromatic rings. The Balaban J connectivity index is 2.31. The first kappa shape index (κ1) is 4.69. The largest absolute Gasteiger partial charge is 0.390 e. The summed E-state index contributed by atoms with van der Waals surface area (Å²) < 4.78 is 0. The molecule has 0 radical (unpaired) electrons. The van der Waals surface area contributed by atoms with Gasteiger partial charge in [0.25, 0.3) is 0 Å². The fourth-order valence-corrected chi connectivity index (χ4v) is 0.744. The molecule has 2 unspecified atom stereocenters. The molecule has 0 saturated heterocycles. The quantitative estimate of drug-likeness (QED) is 0.471. The average Bonchev–Trinajstić information content (AvgIpc) is 1.94. The van der Waals surface area contributed by atoms with Crippen LogP contribution in [0.25, 0.3) is 0 Å². The molecule has 2 atom stereocenters. The lowest BCUT2D eigenvalue weighted by Crippen LogP contribution is -1.79. The molecule has 1 aliphatic carbocycles. The maximum absolute atomic E-state index is 8.44. The third-order valence-corrected chi connectivity index (χ3v) is 2.00. The Bertz CT molecular complexity index is 45.5. The van der Waals surface area contributed by atoms with E-state index in [9.17, 15) is 0 Å². The van der Waals surface area contributed by atoms with E-state index in [2.05, 4.69) is 0 Å². The molecule has 0 bridgehead atoms. The highest BCUT2D eigenvalue weighted by Crippen LogP contribution is 2.33. The SMILES string of the molecule is OC1C(Cl)C1Cl. The molecule has 1 saturated carbocycles. The van der Waals surface area contributed by atoms with Crippen LogP contribution >= 0.6 is 23.2 Å². The Labute approximate surface area is 45.9 Å². The Kier molecular flexibility index (Phi) is 0.981. The van der Waals surface area contributed by atoms with Crippen LogP contribution in [0.4, 0.5) is 0 Å². The van der Waals surface area contributed by atoms with E-state index in [-0.39, 0.29) is 10.8 Å². The van der Waals surface area contributed by atoms with Crippen LogP contribution in [-0.4, -0.2) is 22.0 Å². The van der Waals surface area contributed by atoms with E-state index in [4.69, 9.17) is 28.3 Å². The zero-order valence-electron chi connectivity index (χ0n) is 2.94. The van der Waals surface area contributed by atoms with Crippen molar-refractivity contribution in [1.29, 1.82) is 0 Å². The van der Waals surface area contributed by atoms with Crippen LogP contribution in [0.5, 0.6) is 0 Å². The predicted molar refractivity (Wildman–Crippen MR) is 25.3 cm³/mol. The summed E-state index contributed by atoms with van der Waals surface area (Å²) in [5.74, 6) is 0. The molecule has 6 heavy (non-hydrogen) atoms. The molecular formula is C3H4Cl2O. The fraction of sp³-hybridized carbons (Fsp3) is 1.00. The highest BCUT2D eigenvalue weighted by atomic mass is 35.5. The minimum atomic E-state index is -0.451. The van der Waals surface area contributed by atoms with Gasteiger partial charge in [0.1, 0.15) is 0 Å². The third-order valence-electron chi connectivity index (χ3n) is 0.816. The molecule has 0 aromatic heterocycles. The lowest BCUT2D eigenvalue weighted by atomic mass is 10.9. The Hall–Kier alpha value is 0.540. The van der Waals surface area contributed by atoms with Crippen molar-refractivity contribution in [3.8, 4) is 0 Å². The van der Waals surface area contributed by atoms with Crippen LogP contribution in [0.3, 0.4) is 0 Å². The van der Waals surface area contributed by atoms with Gasteiger partial charge in [0.05, 0.1) is 16.9 Å². The molecule has 0 aliphatic heterocycles. The molecule has 36 valence electrons. The second-order valence-electron chi connectivity index (χ2n) is 1.38.